The molecule has 0 saturated carbocycles. The largest absolute Gasteiger partial charge is 0.497 e. The number of fused-ring (bicyclic) bond motifs is 1. The molecule has 1 amide bonds. The highest BCUT2D eigenvalue weighted by Crippen LogP contribution is 2.17. The van der Waals surface area contributed by atoms with Crippen LogP contribution < -0.4 is 21.3 Å². The van der Waals surface area contributed by atoms with Crippen molar-refractivity contribution in [3.63, 3.8) is 0 Å². The van der Waals surface area contributed by atoms with Crippen LogP contribution >= 0.6 is 0 Å². The van der Waals surface area contributed by atoms with Crippen LogP contribution in [0.5, 0.6) is 5.75 Å². The normalized spacial score (nSPS) is 10.7. The number of H-pyrrole nitrogens is 1. The fraction of sp³-hybridized carbons (Fsp3) is 0.0455. The van der Waals surface area contributed by atoms with Crippen LogP contribution in [-0.4, -0.2) is 22.6 Å². The lowest BCUT2D eigenvalue weighted by molar-refractivity contribution is 0.102. The number of nitrogens with zero attached hydrogens (tertiary/aromatic N) is 1. The van der Waals surface area contributed by atoms with Crippen LogP contribution in [0.3, 0.4) is 0 Å². The Morgan fingerprint density at radius 2 is 1.69 bits per heavy atom. The fourth-order valence-corrected chi connectivity index (χ4v) is 3.05. The third-order valence-corrected chi connectivity index (χ3v) is 4.52. The number of para-hydroxylation sites is 1. The molecule has 4 rings (SSSR count). The van der Waals surface area contributed by atoms with Gasteiger partial charge in [-0.1, -0.05) is 18.2 Å². The summed E-state index contributed by atoms with van der Waals surface area (Å²) < 4.78 is 6.16. The third-order valence-electron chi connectivity index (χ3n) is 4.52. The molecular formula is C22H17N3O4. The summed E-state index contributed by atoms with van der Waals surface area (Å²) in [7, 11) is 1.56. The van der Waals surface area contributed by atoms with E-state index in [1.165, 1.54) is 12.1 Å². The van der Waals surface area contributed by atoms with Crippen LogP contribution in [0, 0.1) is 0 Å². The van der Waals surface area contributed by atoms with Crippen LogP contribution in [0.25, 0.3) is 16.6 Å². The molecule has 0 atom stereocenters. The van der Waals surface area contributed by atoms with E-state index >= 15 is 0 Å². The number of nitrogens with one attached hydrogen (secondary N) is 2. The molecule has 0 aliphatic heterocycles. The molecule has 0 unspecified atom stereocenters. The van der Waals surface area contributed by atoms with Gasteiger partial charge < -0.3 is 15.0 Å². The molecule has 0 radical (unpaired) electrons. The van der Waals surface area contributed by atoms with Crippen LogP contribution in [-0.2, 0) is 0 Å². The number of aromatic amines is 1. The molecule has 7 nitrogen and oxygen atoms in total. The van der Waals surface area contributed by atoms with Gasteiger partial charge in [0.2, 0.25) is 0 Å². The van der Waals surface area contributed by atoms with Crippen molar-refractivity contribution in [1.29, 1.82) is 0 Å². The summed E-state index contributed by atoms with van der Waals surface area (Å²) in [5, 5.41) is 3.09. The van der Waals surface area contributed by atoms with Crippen molar-refractivity contribution in [3.05, 3.63) is 99.2 Å². The molecule has 3 aromatic carbocycles. The molecule has 0 saturated heterocycles. The molecule has 7 heteroatoms. The Kier molecular flexibility index (Phi) is 4.70. The maximum atomic E-state index is 12.8. The van der Waals surface area contributed by atoms with Crippen molar-refractivity contribution in [2.24, 2.45) is 0 Å². The summed E-state index contributed by atoms with van der Waals surface area (Å²) in [6, 6.07) is 20.2. The number of methoxy groups -OCH3 is 1. The van der Waals surface area contributed by atoms with E-state index in [1.807, 2.05) is 0 Å². The molecule has 0 bridgehead atoms. The first-order valence-corrected chi connectivity index (χ1v) is 8.87. The third kappa shape index (κ3) is 3.53. The van der Waals surface area contributed by atoms with Gasteiger partial charge in [0.05, 0.1) is 23.7 Å². The first kappa shape index (κ1) is 18.2. The molecule has 0 aliphatic carbocycles. The minimum absolute atomic E-state index is 0.301. The van der Waals surface area contributed by atoms with Crippen molar-refractivity contribution in [2.45, 2.75) is 0 Å². The molecule has 2 N–H and O–H groups in total. The first-order valence-electron chi connectivity index (χ1n) is 8.87. The maximum absolute atomic E-state index is 12.8. The molecule has 4 aromatic rings. The Morgan fingerprint density at radius 3 is 2.38 bits per heavy atom. The highest BCUT2D eigenvalue weighted by atomic mass is 16.5. The average molecular weight is 387 g/mol. The smallest absolute Gasteiger partial charge is 0.333 e. The van der Waals surface area contributed by atoms with E-state index in [-0.39, 0.29) is 5.91 Å². The zero-order valence-corrected chi connectivity index (χ0v) is 15.5. The maximum Gasteiger partial charge on any atom is 0.333 e. The van der Waals surface area contributed by atoms with Gasteiger partial charge in [0.15, 0.2) is 0 Å². The van der Waals surface area contributed by atoms with Gasteiger partial charge in [-0.05, 0) is 54.6 Å². The number of amides is 1. The molecule has 144 valence electrons. The van der Waals surface area contributed by atoms with Crippen LogP contribution in [0.2, 0.25) is 0 Å². The highest BCUT2D eigenvalue weighted by Gasteiger charge is 2.12. The van der Waals surface area contributed by atoms with Crippen molar-refractivity contribution in [2.75, 3.05) is 12.4 Å². The summed E-state index contributed by atoms with van der Waals surface area (Å²) in [5.41, 5.74) is 0.680. The number of hydrogen-bond acceptors (Lipinski definition) is 4. The van der Waals surface area contributed by atoms with Gasteiger partial charge in [0.25, 0.3) is 11.5 Å². The summed E-state index contributed by atoms with van der Waals surface area (Å²) in [5.74, 6) is 0.325. The number of benzene rings is 3. The number of ether oxygens (including phenoxy) is 1. The monoisotopic (exact) mass is 387 g/mol. The number of hydrogen-bond donors (Lipinski definition) is 2. The first-order chi connectivity index (χ1) is 14.1. The van der Waals surface area contributed by atoms with Gasteiger partial charge >= 0.3 is 5.69 Å². The van der Waals surface area contributed by atoms with Crippen molar-refractivity contribution in [3.8, 4) is 11.4 Å². The summed E-state index contributed by atoms with van der Waals surface area (Å²) in [6.45, 7) is 0. The summed E-state index contributed by atoms with van der Waals surface area (Å²) in [4.78, 5) is 40.5. The van der Waals surface area contributed by atoms with Crippen LogP contribution in [0.15, 0.2) is 82.4 Å². The van der Waals surface area contributed by atoms with Gasteiger partial charge in [-0.2, -0.15) is 0 Å². The van der Waals surface area contributed by atoms with E-state index < -0.39 is 11.2 Å². The highest BCUT2D eigenvalue weighted by molar-refractivity contribution is 6.06. The predicted octanol–water partition coefficient (Wildman–Crippen LogP) is 2.94. The Labute approximate surface area is 165 Å². The van der Waals surface area contributed by atoms with Gasteiger partial charge in [0.1, 0.15) is 5.75 Å². The van der Waals surface area contributed by atoms with E-state index in [1.54, 1.807) is 67.8 Å². The summed E-state index contributed by atoms with van der Waals surface area (Å²) in [6.07, 6.45) is 0. The lowest BCUT2D eigenvalue weighted by Gasteiger charge is -2.09. The van der Waals surface area contributed by atoms with Crippen molar-refractivity contribution < 1.29 is 9.53 Å². The molecule has 1 aromatic heterocycles. The Morgan fingerprint density at radius 1 is 0.966 bits per heavy atom. The minimum atomic E-state index is -0.568. The fourth-order valence-electron chi connectivity index (χ4n) is 3.05. The van der Waals surface area contributed by atoms with E-state index in [9.17, 15) is 14.4 Å². The Hall–Kier alpha value is -4.13. The van der Waals surface area contributed by atoms with Crippen LogP contribution in [0.1, 0.15) is 10.4 Å². The van der Waals surface area contributed by atoms with E-state index in [4.69, 9.17) is 4.74 Å². The second kappa shape index (κ2) is 7.47. The second-order valence-corrected chi connectivity index (χ2v) is 6.35. The lowest BCUT2D eigenvalue weighted by Crippen LogP contribution is -2.33. The van der Waals surface area contributed by atoms with E-state index in [0.29, 0.717) is 33.6 Å². The SMILES string of the molecule is COc1ccc(NC(=O)c2ccc3c(=O)n(-c4ccccc4)c(=O)[nH]c3c2)cc1. The number of carbonyl (C=O) groups excluding carboxylic acids is 1. The van der Waals surface area contributed by atoms with Gasteiger partial charge in [-0.3, -0.25) is 9.59 Å². The standard InChI is InChI=1S/C22H17N3O4/c1-29-17-10-8-15(9-11-17)23-20(26)14-7-12-18-19(13-14)24-22(28)25(21(18)27)16-5-3-2-4-6-16/h2-13H,1H3,(H,23,26)(H,24,28). The van der Waals surface area contributed by atoms with Gasteiger partial charge in [-0.15, -0.1) is 0 Å². The number of aromatic nitrogens is 2. The molecule has 0 spiro atoms. The van der Waals surface area contributed by atoms with E-state index in [0.717, 1.165) is 4.57 Å². The Balaban J connectivity index is 1.70. The van der Waals surface area contributed by atoms with Crippen LogP contribution in [0.4, 0.5) is 5.69 Å². The summed E-state index contributed by atoms with van der Waals surface area (Å²) >= 11 is 0. The second-order valence-electron chi connectivity index (χ2n) is 6.35. The van der Waals surface area contributed by atoms with Gasteiger partial charge in [-0.25, -0.2) is 9.36 Å². The van der Waals surface area contributed by atoms with Crippen molar-refractivity contribution in [1.82, 2.24) is 9.55 Å². The molecule has 29 heavy (non-hydrogen) atoms. The predicted molar refractivity (Wildman–Crippen MR) is 111 cm³/mol. The Bertz CT molecular complexity index is 1310. The quantitative estimate of drug-likeness (QED) is 0.563. The van der Waals surface area contributed by atoms with Crippen molar-refractivity contribution >= 4 is 22.5 Å². The zero-order valence-electron chi connectivity index (χ0n) is 15.5. The molecule has 0 fully saturated rings. The molecule has 1 heterocycles. The number of anilines is 1. The average Bonchev–Trinajstić information content (AvgIpc) is 2.74. The minimum Gasteiger partial charge on any atom is -0.497 e. The number of rotatable bonds is 4. The molecular weight excluding hydrogens is 370 g/mol. The topological polar surface area (TPSA) is 93.2 Å². The zero-order chi connectivity index (χ0) is 20.4. The van der Waals surface area contributed by atoms with E-state index in [2.05, 4.69) is 10.3 Å². The molecule has 0 aliphatic rings. The van der Waals surface area contributed by atoms with Gasteiger partial charge in [0, 0.05) is 11.3 Å². The lowest BCUT2D eigenvalue weighted by atomic mass is 10.1. The number of carbonyl (C=O) groups is 1.